The minimum Gasteiger partial charge on any atom is -0.379 e. The Balaban J connectivity index is 1.47. The fourth-order valence-electron chi connectivity index (χ4n) is 2.91. The van der Waals surface area contributed by atoms with Crippen molar-refractivity contribution in [3.63, 3.8) is 0 Å². The minimum absolute atomic E-state index is 0.0328. The van der Waals surface area contributed by atoms with E-state index in [-0.39, 0.29) is 22.2 Å². The van der Waals surface area contributed by atoms with Gasteiger partial charge in [0.05, 0.1) is 20.1 Å². The number of nitrogens with one attached hydrogen (secondary N) is 1. The van der Waals surface area contributed by atoms with Crippen LogP contribution in [-0.4, -0.2) is 24.2 Å². The molecular weight excluding hydrogens is 454 g/mol. The van der Waals surface area contributed by atoms with Gasteiger partial charge in [-0.25, -0.2) is 4.98 Å². The van der Waals surface area contributed by atoms with Crippen molar-refractivity contribution in [2.75, 3.05) is 5.32 Å². The van der Waals surface area contributed by atoms with Gasteiger partial charge in [-0.3, -0.25) is 14.9 Å². The van der Waals surface area contributed by atoms with Crippen LogP contribution in [0.15, 0.2) is 71.6 Å². The van der Waals surface area contributed by atoms with E-state index in [1.54, 1.807) is 6.07 Å². The summed E-state index contributed by atoms with van der Waals surface area (Å²) in [5.41, 5.74) is 1.40. The van der Waals surface area contributed by atoms with E-state index in [9.17, 15) is 23.3 Å². The van der Waals surface area contributed by atoms with Crippen LogP contribution in [-0.2, 0) is 10.1 Å². The lowest BCUT2D eigenvalue weighted by Crippen LogP contribution is -2.12. The zero-order valence-electron chi connectivity index (χ0n) is 16.5. The lowest BCUT2D eigenvalue weighted by molar-refractivity contribution is -0.385. The third-order valence-electron chi connectivity index (χ3n) is 4.39. The smallest absolute Gasteiger partial charge is 0.339 e. The van der Waals surface area contributed by atoms with Crippen molar-refractivity contribution in [2.24, 2.45) is 0 Å². The molecule has 9 nitrogen and oxygen atoms in total. The highest BCUT2D eigenvalue weighted by Gasteiger charge is 2.20. The molecule has 1 N–H and O–H groups in total. The van der Waals surface area contributed by atoms with Crippen molar-refractivity contribution in [3.05, 3.63) is 87.4 Å². The second-order valence-corrected chi connectivity index (χ2v) is 9.47. The highest BCUT2D eigenvalue weighted by atomic mass is 32.2. The van der Waals surface area contributed by atoms with E-state index in [1.165, 1.54) is 53.8 Å². The number of hydrogen-bond donors (Lipinski definition) is 1. The Kier molecular flexibility index (Phi) is 5.59. The Morgan fingerprint density at radius 3 is 2.56 bits per heavy atom. The van der Waals surface area contributed by atoms with Crippen LogP contribution in [0.4, 0.5) is 11.4 Å². The van der Waals surface area contributed by atoms with Gasteiger partial charge in [-0.1, -0.05) is 6.07 Å². The molecular formula is C21H15N3O6S2. The van der Waals surface area contributed by atoms with E-state index in [2.05, 4.69) is 10.3 Å². The number of carbonyl (C=O) groups is 1. The van der Waals surface area contributed by atoms with Gasteiger partial charge in [0.25, 0.3) is 11.6 Å². The highest BCUT2D eigenvalue weighted by molar-refractivity contribution is 7.87. The number of rotatable bonds is 6. The summed E-state index contributed by atoms with van der Waals surface area (Å²) in [4.78, 5) is 26.7. The maximum atomic E-state index is 12.5. The molecule has 3 aromatic carbocycles. The minimum atomic E-state index is -4.28. The van der Waals surface area contributed by atoms with E-state index in [1.807, 2.05) is 19.1 Å². The monoisotopic (exact) mass is 469 g/mol. The van der Waals surface area contributed by atoms with Crippen LogP contribution in [0.3, 0.4) is 0 Å². The Labute approximate surface area is 186 Å². The van der Waals surface area contributed by atoms with E-state index in [0.717, 1.165) is 21.3 Å². The van der Waals surface area contributed by atoms with E-state index >= 15 is 0 Å². The Bertz CT molecular complexity index is 1450. The van der Waals surface area contributed by atoms with E-state index in [0.29, 0.717) is 11.3 Å². The summed E-state index contributed by atoms with van der Waals surface area (Å²) in [7, 11) is -4.28. The molecule has 4 rings (SSSR count). The van der Waals surface area contributed by atoms with Crippen LogP contribution in [0.2, 0.25) is 0 Å². The van der Waals surface area contributed by atoms with Gasteiger partial charge in [-0.2, -0.15) is 8.42 Å². The summed E-state index contributed by atoms with van der Waals surface area (Å²) in [5, 5.41) is 14.6. The van der Waals surface area contributed by atoms with Gasteiger partial charge in [0.2, 0.25) is 0 Å². The van der Waals surface area contributed by atoms with Gasteiger partial charge in [0.1, 0.15) is 10.6 Å². The predicted octanol–water partition coefficient (Wildman–Crippen LogP) is 4.53. The molecule has 1 heterocycles. The average molecular weight is 470 g/mol. The quantitative estimate of drug-likeness (QED) is 0.249. The first-order valence-corrected chi connectivity index (χ1v) is 11.4. The van der Waals surface area contributed by atoms with Crippen molar-refractivity contribution in [1.82, 2.24) is 4.98 Å². The number of thiazole rings is 1. The SMILES string of the molecule is Cc1nc2ccc(NC(=O)c3ccc(OS(=O)(=O)c4cccc([N+](=O)[O-])c4)cc3)cc2s1. The number of benzene rings is 3. The third-order valence-corrected chi connectivity index (χ3v) is 6.57. The molecule has 0 saturated carbocycles. The molecule has 0 saturated heterocycles. The Morgan fingerprint density at radius 1 is 1.09 bits per heavy atom. The average Bonchev–Trinajstić information content (AvgIpc) is 3.13. The van der Waals surface area contributed by atoms with E-state index < -0.39 is 15.0 Å². The molecule has 0 aliphatic rings. The molecule has 1 amide bonds. The second-order valence-electron chi connectivity index (χ2n) is 6.69. The summed E-state index contributed by atoms with van der Waals surface area (Å²) in [6.07, 6.45) is 0. The fourth-order valence-corrected chi connectivity index (χ4v) is 4.75. The summed E-state index contributed by atoms with van der Waals surface area (Å²) in [6.45, 7) is 1.91. The van der Waals surface area contributed by atoms with Gasteiger partial charge in [0, 0.05) is 23.4 Å². The molecule has 0 aliphatic carbocycles. The molecule has 0 bridgehead atoms. The summed E-state index contributed by atoms with van der Waals surface area (Å²) in [6, 6.07) is 15.5. The van der Waals surface area contributed by atoms with Crippen LogP contribution in [0.1, 0.15) is 15.4 Å². The lowest BCUT2D eigenvalue weighted by Gasteiger charge is -2.08. The molecule has 1 aromatic heterocycles. The van der Waals surface area contributed by atoms with Gasteiger partial charge in [0.15, 0.2) is 0 Å². The fraction of sp³-hybridized carbons (Fsp3) is 0.0476. The van der Waals surface area contributed by atoms with Crippen LogP contribution in [0.5, 0.6) is 5.75 Å². The third kappa shape index (κ3) is 4.58. The van der Waals surface area contributed by atoms with Crippen molar-refractivity contribution in [2.45, 2.75) is 11.8 Å². The van der Waals surface area contributed by atoms with Crippen LogP contribution in [0.25, 0.3) is 10.2 Å². The van der Waals surface area contributed by atoms with Crippen molar-refractivity contribution in [1.29, 1.82) is 0 Å². The number of aromatic nitrogens is 1. The molecule has 4 aromatic rings. The van der Waals surface area contributed by atoms with Crippen molar-refractivity contribution < 1.29 is 22.3 Å². The number of nitrogens with zero attached hydrogens (tertiary/aromatic N) is 2. The normalized spacial score (nSPS) is 11.3. The van der Waals surface area contributed by atoms with Gasteiger partial charge >= 0.3 is 10.1 Å². The number of nitro benzene ring substituents is 1. The molecule has 0 spiro atoms. The number of anilines is 1. The van der Waals surface area contributed by atoms with Gasteiger partial charge < -0.3 is 9.50 Å². The van der Waals surface area contributed by atoms with Gasteiger partial charge in [-0.15, -0.1) is 11.3 Å². The molecule has 11 heteroatoms. The standard InChI is InChI=1S/C21H15N3O6S2/c1-13-22-19-10-7-15(11-20(19)31-13)23-21(25)14-5-8-17(9-6-14)30-32(28,29)18-4-2-3-16(12-18)24(26)27/h2-12H,1H3,(H,23,25). The summed E-state index contributed by atoms with van der Waals surface area (Å²) < 4.78 is 30.8. The molecule has 0 fully saturated rings. The first-order valence-electron chi connectivity index (χ1n) is 9.19. The first kappa shape index (κ1) is 21.4. The van der Waals surface area contributed by atoms with Crippen molar-refractivity contribution in [3.8, 4) is 5.75 Å². The molecule has 0 atom stereocenters. The first-order chi connectivity index (χ1) is 15.2. The number of carbonyl (C=O) groups excluding carboxylic acids is 1. The van der Waals surface area contributed by atoms with Crippen LogP contribution in [0, 0.1) is 17.0 Å². The number of hydrogen-bond acceptors (Lipinski definition) is 8. The number of amides is 1. The zero-order valence-corrected chi connectivity index (χ0v) is 18.1. The largest absolute Gasteiger partial charge is 0.379 e. The maximum Gasteiger partial charge on any atom is 0.339 e. The van der Waals surface area contributed by atoms with Crippen molar-refractivity contribution >= 4 is 49.0 Å². The number of aryl methyl sites for hydroxylation is 1. The maximum absolute atomic E-state index is 12.5. The van der Waals surface area contributed by atoms with Crippen LogP contribution >= 0.6 is 11.3 Å². The molecule has 0 radical (unpaired) electrons. The molecule has 0 aliphatic heterocycles. The Morgan fingerprint density at radius 2 is 1.84 bits per heavy atom. The second kappa shape index (κ2) is 8.36. The lowest BCUT2D eigenvalue weighted by atomic mass is 10.2. The number of non-ortho nitro benzene ring substituents is 1. The molecule has 32 heavy (non-hydrogen) atoms. The van der Waals surface area contributed by atoms with Crippen LogP contribution < -0.4 is 9.50 Å². The van der Waals surface area contributed by atoms with E-state index in [4.69, 9.17) is 4.18 Å². The number of fused-ring (bicyclic) bond motifs is 1. The molecule has 162 valence electrons. The predicted molar refractivity (Wildman–Crippen MR) is 120 cm³/mol. The highest BCUT2D eigenvalue weighted by Crippen LogP contribution is 2.26. The summed E-state index contributed by atoms with van der Waals surface area (Å²) >= 11 is 1.52. The topological polar surface area (TPSA) is 128 Å². The summed E-state index contributed by atoms with van der Waals surface area (Å²) in [5.74, 6) is -0.409. The molecule has 0 unspecified atom stereocenters. The Hall–Kier alpha value is -3.83. The number of nitro groups is 1. The zero-order chi connectivity index (χ0) is 22.9. The van der Waals surface area contributed by atoms with Gasteiger partial charge in [-0.05, 0) is 55.5 Å².